The molecule has 3 aromatic rings. The van der Waals surface area contributed by atoms with Gasteiger partial charge < -0.3 is 9.47 Å². The van der Waals surface area contributed by atoms with E-state index in [-0.39, 0.29) is 30.5 Å². The number of benzene rings is 2. The zero-order chi connectivity index (χ0) is 24.3. The Morgan fingerprint density at radius 2 is 1.91 bits per heavy atom. The maximum absolute atomic E-state index is 13.4. The summed E-state index contributed by atoms with van der Waals surface area (Å²) in [6, 6.07) is 9.99. The van der Waals surface area contributed by atoms with Crippen molar-refractivity contribution in [2.24, 2.45) is 0 Å². The minimum Gasteiger partial charge on any atom is -0.406 e. The SMILES string of the molecule is Cc1ccc(CC(=O)N(CCN2CCOCC2)c2nc3ccc(OC(F)(F)F)cc3s2)c(C)c1.Cl. The number of thiazole rings is 1. The maximum atomic E-state index is 13.4. The van der Waals surface area contributed by atoms with E-state index in [4.69, 9.17) is 4.74 Å². The second-order valence-corrected chi connectivity index (χ2v) is 9.29. The number of hydrogen-bond donors (Lipinski definition) is 0. The number of nitrogens with zero attached hydrogens (tertiary/aromatic N) is 3. The Hall–Kier alpha value is -2.40. The number of amides is 1. The smallest absolute Gasteiger partial charge is 0.406 e. The summed E-state index contributed by atoms with van der Waals surface area (Å²) in [7, 11) is 0. The van der Waals surface area contributed by atoms with E-state index in [2.05, 4.69) is 14.6 Å². The van der Waals surface area contributed by atoms with Crippen LogP contribution in [0.5, 0.6) is 5.75 Å². The standard InChI is InChI=1S/C24H26F3N3O3S.ClH/c1-16-3-4-18(17(2)13-16)14-22(31)30(8-7-29-9-11-32-12-10-29)23-28-20-6-5-19(15-21(20)34-23)33-24(25,26)27;/h3-6,13,15H,7-12,14H2,1-2H3;1H. The Labute approximate surface area is 212 Å². The normalized spacial score (nSPS) is 14.5. The number of alkyl halides is 3. The third-order valence-electron chi connectivity index (χ3n) is 5.70. The Kier molecular flexibility index (Phi) is 8.98. The van der Waals surface area contributed by atoms with Crippen molar-refractivity contribution < 1.29 is 27.4 Å². The van der Waals surface area contributed by atoms with E-state index in [1.165, 1.54) is 29.5 Å². The van der Waals surface area contributed by atoms with Gasteiger partial charge in [-0.3, -0.25) is 14.6 Å². The quantitative estimate of drug-likeness (QED) is 0.424. The van der Waals surface area contributed by atoms with Gasteiger partial charge in [-0.15, -0.1) is 25.6 Å². The summed E-state index contributed by atoms with van der Waals surface area (Å²) in [5.74, 6) is -0.414. The molecule has 2 heterocycles. The van der Waals surface area contributed by atoms with Gasteiger partial charge in [0.1, 0.15) is 5.75 Å². The van der Waals surface area contributed by atoms with E-state index in [1.54, 1.807) is 4.90 Å². The van der Waals surface area contributed by atoms with Crippen LogP contribution in [0.15, 0.2) is 36.4 Å². The summed E-state index contributed by atoms with van der Waals surface area (Å²) < 4.78 is 47.8. The van der Waals surface area contributed by atoms with Crippen molar-refractivity contribution in [3.8, 4) is 5.75 Å². The molecule has 1 aliphatic rings. The molecular weight excluding hydrogens is 503 g/mol. The highest BCUT2D eigenvalue weighted by molar-refractivity contribution is 7.22. The van der Waals surface area contributed by atoms with Gasteiger partial charge in [0.15, 0.2) is 5.13 Å². The number of carbonyl (C=O) groups excluding carboxylic acids is 1. The number of carbonyl (C=O) groups is 1. The molecule has 190 valence electrons. The summed E-state index contributed by atoms with van der Waals surface area (Å²) in [5.41, 5.74) is 3.62. The van der Waals surface area contributed by atoms with Gasteiger partial charge in [-0.25, -0.2) is 4.98 Å². The Bertz CT molecular complexity index is 1170. The fourth-order valence-electron chi connectivity index (χ4n) is 3.90. The molecule has 0 unspecified atom stereocenters. The molecule has 0 atom stereocenters. The van der Waals surface area contributed by atoms with Crippen LogP contribution in [-0.2, 0) is 16.0 Å². The number of halogens is 4. The van der Waals surface area contributed by atoms with Crippen LogP contribution < -0.4 is 9.64 Å². The Morgan fingerprint density at radius 1 is 1.17 bits per heavy atom. The fourth-order valence-corrected chi connectivity index (χ4v) is 4.94. The third kappa shape index (κ3) is 7.30. The zero-order valence-corrected chi connectivity index (χ0v) is 21.1. The highest BCUT2D eigenvalue weighted by Gasteiger charge is 2.31. The third-order valence-corrected chi connectivity index (χ3v) is 6.74. The van der Waals surface area contributed by atoms with E-state index in [0.29, 0.717) is 41.7 Å². The summed E-state index contributed by atoms with van der Waals surface area (Å²) in [6.45, 7) is 7.95. The molecule has 0 saturated carbocycles. The lowest BCUT2D eigenvalue weighted by atomic mass is 10.0. The molecule has 0 N–H and O–H groups in total. The van der Waals surface area contributed by atoms with Gasteiger partial charge >= 0.3 is 6.36 Å². The van der Waals surface area contributed by atoms with Crippen LogP contribution in [0.25, 0.3) is 10.2 Å². The molecule has 2 aromatic carbocycles. The van der Waals surface area contributed by atoms with Crippen LogP contribution in [0.1, 0.15) is 16.7 Å². The van der Waals surface area contributed by atoms with Gasteiger partial charge in [-0.2, -0.15) is 0 Å². The number of rotatable bonds is 7. The van der Waals surface area contributed by atoms with Crippen LogP contribution in [-0.4, -0.2) is 61.5 Å². The lowest BCUT2D eigenvalue weighted by molar-refractivity contribution is -0.274. The molecule has 0 radical (unpaired) electrons. The molecule has 1 fully saturated rings. The number of aryl methyl sites for hydroxylation is 2. The average molecular weight is 530 g/mol. The monoisotopic (exact) mass is 529 g/mol. The zero-order valence-electron chi connectivity index (χ0n) is 19.4. The Morgan fingerprint density at radius 3 is 2.60 bits per heavy atom. The summed E-state index contributed by atoms with van der Waals surface area (Å²) in [4.78, 5) is 21.9. The number of morpholine rings is 1. The van der Waals surface area contributed by atoms with Gasteiger partial charge in [0.05, 0.1) is 29.9 Å². The minimum absolute atomic E-state index is 0. The largest absolute Gasteiger partial charge is 0.573 e. The van der Waals surface area contributed by atoms with Crippen LogP contribution in [0, 0.1) is 13.8 Å². The van der Waals surface area contributed by atoms with E-state index in [0.717, 1.165) is 29.8 Å². The second-order valence-electron chi connectivity index (χ2n) is 8.28. The molecule has 35 heavy (non-hydrogen) atoms. The predicted molar refractivity (Wildman–Crippen MR) is 133 cm³/mol. The number of hydrogen-bond acceptors (Lipinski definition) is 6. The van der Waals surface area contributed by atoms with E-state index in [1.807, 2.05) is 32.0 Å². The molecule has 1 aliphatic heterocycles. The number of aromatic nitrogens is 1. The molecule has 6 nitrogen and oxygen atoms in total. The lowest BCUT2D eigenvalue weighted by Crippen LogP contribution is -2.43. The van der Waals surface area contributed by atoms with Crippen LogP contribution in [0.4, 0.5) is 18.3 Å². The van der Waals surface area contributed by atoms with Crippen LogP contribution in [0.3, 0.4) is 0 Å². The van der Waals surface area contributed by atoms with Crippen LogP contribution >= 0.6 is 23.7 Å². The second kappa shape index (κ2) is 11.6. The molecule has 0 bridgehead atoms. The van der Waals surface area contributed by atoms with E-state index < -0.39 is 6.36 Å². The van der Waals surface area contributed by atoms with Gasteiger partial charge in [0, 0.05) is 32.2 Å². The molecule has 4 rings (SSSR count). The van der Waals surface area contributed by atoms with Gasteiger partial charge in [-0.05, 0) is 37.1 Å². The first-order valence-corrected chi connectivity index (χ1v) is 11.8. The first-order chi connectivity index (χ1) is 16.2. The molecule has 0 spiro atoms. The minimum atomic E-state index is -4.77. The molecule has 1 aromatic heterocycles. The first kappa shape index (κ1) is 27.2. The van der Waals surface area contributed by atoms with E-state index >= 15 is 0 Å². The molecular formula is C24H27ClF3N3O3S. The van der Waals surface area contributed by atoms with Crippen molar-refractivity contribution in [3.05, 3.63) is 53.1 Å². The summed E-state index contributed by atoms with van der Waals surface area (Å²) >= 11 is 1.18. The average Bonchev–Trinajstić information content (AvgIpc) is 3.18. The topological polar surface area (TPSA) is 54.9 Å². The number of ether oxygens (including phenoxy) is 2. The molecule has 1 saturated heterocycles. The maximum Gasteiger partial charge on any atom is 0.573 e. The first-order valence-electron chi connectivity index (χ1n) is 11.0. The lowest BCUT2D eigenvalue weighted by Gasteiger charge is -2.29. The van der Waals surface area contributed by atoms with E-state index in [9.17, 15) is 18.0 Å². The fraction of sp³-hybridized carbons (Fsp3) is 0.417. The number of fused-ring (bicyclic) bond motifs is 1. The number of anilines is 1. The van der Waals surface area contributed by atoms with Gasteiger partial charge in [0.25, 0.3) is 0 Å². The van der Waals surface area contributed by atoms with Crippen molar-refractivity contribution in [3.63, 3.8) is 0 Å². The van der Waals surface area contributed by atoms with Gasteiger partial charge in [-0.1, -0.05) is 35.1 Å². The highest BCUT2D eigenvalue weighted by Crippen LogP contribution is 2.33. The van der Waals surface area contributed by atoms with Crippen molar-refractivity contribution in [2.45, 2.75) is 26.6 Å². The highest BCUT2D eigenvalue weighted by atomic mass is 35.5. The van der Waals surface area contributed by atoms with Crippen LogP contribution in [0.2, 0.25) is 0 Å². The van der Waals surface area contributed by atoms with Crippen molar-refractivity contribution >= 4 is 45.0 Å². The van der Waals surface area contributed by atoms with Crippen molar-refractivity contribution in [2.75, 3.05) is 44.3 Å². The van der Waals surface area contributed by atoms with Crippen molar-refractivity contribution in [1.29, 1.82) is 0 Å². The molecule has 1 amide bonds. The molecule has 0 aliphatic carbocycles. The summed E-state index contributed by atoms with van der Waals surface area (Å²) in [5, 5.41) is 0.460. The van der Waals surface area contributed by atoms with Gasteiger partial charge in [0.2, 0.25) is 5.91 Å². The predicted octanol–water partition coefficient (Wildman–Crippen LogP) is 5.14. The molecule has 11 heteroatoms. The van der Waals surface area contributed by atoms with Crippen molar-refractivity contribution in [1.82, 2.24) is 9.88 Å². The summed E-state index contributed by atoms with van der Waals surface area (Å²) in [6.07, 6.45) is -4.55. The Balaban J connectivity index is 0.00000342.